The predicted molar refractivity (Wildman–Crippen MR) is 171 cm³/mol. The fourth-order valence-corrected chi connectivity index (χ4v) is 5.08. The van der Waals surface area contributed by atoms with Gasteiger partial charge >= 0.3 is 5.97 Å². The first-order valence-corrected chi connectivity index (χ1v) is 14.6. The summed E-state index contributed by atoms with van der Waals surface area (Å²) in [4.78, 5) is 46.4. The van der Waals surface area contributed by atoms with Gasteiger partial charge in [-0.1, -0.05) is 12.2 Å². The van der Waals surface area contributed by atoms with E-state index in [0.717, 1.165) is 0 Å². The number of esters is 1. The number of nitrogens with one attached hydrogen (secondary N) is 1. The highest BCUT2D eigenvalue weighted by molar-refractivity contribution is 6.03. The maximum absolute atomic E-state index is 13.3. The molecular formula is C31H35N9O6. The molecular weight excluding hydrogens is 594 g/mol. The predicted octanol–water partition coefficient (Wildman–Crippen LogP) is 2.65. The van der Waals surface area contributed by atoms with Gasteiger partial charge in [0.05, 0.1) is 41.5 Å². The lowest BCUT2D eigenvalue weighted by Gasteiger charge is -2.11. The van der Waals surface area contributed by atoms with Crippen molar-refractivity contribution in [2.45, 2.75) is 39.9 Å². The molecule has 0 bridgehead atoms. The summed E-state index contributed by atoms with van der Waals surface area (Å²) < 4.78 is 15.9. The normalized spacial score (nSPS) is 11.5. The van der Waals surface area contributed by atoms with Crippen LogP contribution in [0.4, 0.5) is 11.9 Å². The van der Waals surface area contributed by atoms with Gasteiger partial charge in [0.15, 0.2) is 0 Å². The zero-order valence-electron chi connectivity index (χ0n) is 25.7. The van der Waals surface area contributed by atoms with E-state index >= 15 is 0 Å². The maximum Gasteiger partial charge on any atom is 0.337 e. The molecule has 5 aromatic rings. The largest absolute Gasteiger partial charge is 0.491 e. The van der Waals surface area contributed by atoms with Gasteiger partial charge in [-0.3, -0.25) is 19.6 Å². The minimum absolute atomic E-state index is 0.0555. The van der Waals surface area contributed by atoms with Crippen LogP contribution in [0.25, 0.3) is 22.1 Å². The second kappa shape index (κ2) is 13.5. The fraction of sp³-hybridized carbons (Fsp3) is 0.290. The number of hydrogen-bond acceptors (Lipinski definition) is 10. The molecule has 3 heterocycles. The van der Waals surface area contributed by atoms with Crippen LogP contribution in [0.3, 0.4) is 0 Å². The van der Waals surface area contributed by atoms with E-state index in [1.54, 1.807) is 39.6 Å². The van der Waals surface area contributed by atoms with E-state index in [9.17, 15) is 19.5 Å². The Morgan fingerprint density at radius 3 is 2.46 bits per heavy atom. The third-order valence-corrected chi connectivity index (χ3v) is 7.25. The Kier molecular flexibility index (Phi) is 9.32. The summed E-state index contributed by atoms with van der Waals surface area (Å²) >= 11 is 0. The Bertz CT molecular complexity index is 1970. The van der Waals surface area contributed by atoms with Crippen molar-refractivity contribution in [3.63, 3.8) is 0 Å². The lowest BCUT2D eigenvalue weighted by Crippen LogP contribution is -2.19. The third kappa shape index (κ3) is 6.39. The highest BCUT2D eigenvalue weighted by atomic mass is 16.5. The number of allylic oxidation sites excluding steroid dienone is 2. The summed E-state index contributed by atoms with van der Waals surface area (Å²) in [7, 11) is 1.30. The quantitative estimate of drug-likeness (QED) is 0.0850. The average molecular weight is 630 g/mol. The number of anilines is 2. The number of nitrogen functional groups attached to an aromatic ring is 1. The molecule has 6 N–H and O–H groups in total. The second-order valence-electron chi connectivity index (χ2n) is 10.4. The average Bonchev–Trinajstić information content (AvgIpc) is 3.70. The van der Waals surface area contributed by atoms with Gasteiger partial charge in [-0.15, -0.1) is 0 Å². The van der Waals surface area contributed by atoms with Crippen molar-refractivity contribution < 1.29 is 29.0 Å². The molecule has 46 heavy (non-hydrogen) atoms. The van der Waals surface area contributed by atoms with Crippen LogP contribution in [0, 0.1) is 6.92 Å². The third-order valence-electron chi connectivity index (χ3n) is 7.25. The van der Waals surface area contributed by atoms with Gasteiger partial charge in [0.1, 0.15) is 17.0 Å². The van der Waals surface area contributed by atoms with E-state index < -0.39 is 11.9 Å². The zero-order valence-corrected chi connectivity index (χ0v) is 25.7. The van der Waals surface area contributed by atoms with Gasteiger partial charge in [-0.05, 0) is 50.2 Å². The lowest BCUT2D eigenvalue weighted by molar-refractivity contribution is 0.0600. The van der Waals surface area contributed by atoms with Crippen LogP contribution in [-0.2, 0) is 24.4 Å². The number of aryl methyl sites for hydroxylation is 2. The molecule has 0 aliphatic carbocycles. The van der Waals surface area contributed by atoms with Gasteiger partial charge in [0.25, 0.3) is 5.91 Å². The topological polar surface area (TPSA) is 207 Å². The number of benzene rings is 2. The van der Waals surface area contributed by atoms with Crippen molar-refractivity contribution in [1.29, 1.82) is 0 Å². The number of carbonyl (C=O) groups excluding carboxylic acids is 3. The second-order valence-corrected chi connectivity index (χ2v) is 10.4. The monoisotopic (exact) mass is 629 g/mol. The first-order chi connectivity index (χ1) is 22.1. The van der Waals surface area contributed by atoms with Crippen molar-refractivity contribution in [3.8, 4) is 5.75 Å². The highest BCUT2D eigenvalue weighted by Gasteiger charge is 2.20. The minimum atomic E-state index is -0.634. The molecule has 240 valence electrons. The van der Waals surface area contributed by atoms with Gasteiger partial charge in [-0.2, -0.15) is 5.10 Å². The number of nitrogens with zero attached hydrogens (tertiary/aromatic N) is 6. The number of fused-ring (bicyclic) bond motifs is 2. The molecule has 0 spiro atoms. The molecule has 0 saturated carbocycles. The van der Waals surface area contributed by atoms with Crippen LogP contribution < -0.4 is 21.5 Å². The zero-order chi connectivity index (χ0) is 33.0. The van der Waals surface area contributed by atoms with Crippen molar-refractivity contribution in [2.24, 2.45) is 5.73 Å². The number of aliphatic hydroxyl groups is 1. The van der Waals surface area contributed by atoms with E-state index in [-0.39, 0.29) is 36.6 Å². The minimum Gasteiger partial charge on any atom is -0.491 e. The first kappa shape index (κ1) is 31.7. The smallest absolute Gasteiger partial charge is 0.337 e. The number of hydrogen-bond donors (Lipinski definition) is 4. The molecule has 0 unspecified atom stereocenters. The number of imidazole rings is 2. The van der Waals surface area contributed by atoms with Crippen molar-refractivity contribution in [3.05, 3.63) is 71.1 Å². The standard InChI is InChI=1S/C31H35N9O6/c1-4-40-24(14-18(2)37-40)28(43)36-31-35-21-15-19(29(44)45-3)8-9-23(21)38(31)10-5-6-11-39-26-22(34-30(39)33)16-20(27(32)42)17-25(26)46-13-7-12-41/h5-6,8-9,14-17,41H,4,7,10-13H2,1-3H3,(H2,32,42)(H2,33,34)(H,35,36,43)/b6-5+. The van der Waals surface area contributed by atoms with Gasteiger partial charge in [0.2, 0.25) is 17.8 Å². The molecule has 5 rings (SSSR count). The maximum atomic E-state index is 13.3. The molecule has 15 nitrogen and oxygen atoms in total. The number of nitrogens with two attached hydrogens (primary N) is 2. The Labute approximate surface area is 263 Å². The molecule has 0 radical (unpaired) electrons. The van der Waals surface area contributed by atoms with Crippen molar-refractivity contribution in [1.82, 2.24) is 28.9 Å². The van der Waals surface area contributed by atoms with Crippen LogP contribution in [0.15, 0.2) is 48.6 Å². The highest BCUT2D eigenvalue weighted by Crippen LogP contribution is 2.30. The van der Waals surface area contributed by atoms with Crippen molar-refractivity contribution in [2.75, 3.05) is 31.4 Å². The van der Waals surface area contributed by atoms with Gasteiger partial charge in [-0.25, -0.2) is 14.8 Å². The lowest BCUT2D eigenvalue weighted by atomic mass is 10.1. The summed E-state index contributed by atoms with van der Waals surface area (Å²) in [5.41, 5.74) is 15.6. The van der Waals surface area contributed by atoms with Gasteiger partial charge in [0, 0.05) is 38.2 Å². The summed E-state index contributed by atoms with van der Waals surface area (Å²) in [5.74, 6) is -0.668. The van der Waals surface area contributed by atoms with Crippen LogP contribution >= 0.6 is 0 Å². The molecule has 0 fully saturated rings. The molecule has 0 saturated heterocycles. The number of primary amides is 1. The van der Waals surface area contributed by atoms with E-state index in [0.29, 0.717) is 70.8 Å². The Morgan fingerprint density at radius 1 is 1.02 bits per heavy atom. The van der Waals surface area contributed by atoms with Gasteiger partial charge < -0.3 is 35.2 Å². The van der Waals surface area contributed by atoms with Crippen LogP contribution in [0.5, 0.6) is 5.75 Å². The van der Waals surface area contributed by atoms with Crippen molar-refractivity contribution >= 4 is 51.7 Å². The van der Waals surface area contributed by atoms with Crippen LogP contribution in [0.2, 0.25) is 0 Å². The molecule has 0 aliphatic rings. The first-order valence-electron chi connectivity index (χ1n) is 14.6. The van der Waals surface area contributed by atoms with Crippen LogP contribution in [-0.4, -0.2) is 72.1 Å². The van der Waals surface area contributed by atoms with Crippen LogP contribution in [0.1, 0.15) is 50.2 Å². The van der Waals surface area contributed by atoms with E-state index in [4.69, 9.17) is 20.9 Å². The Hall–Kier alpha value is -5.70. The summed E-state index contributed by atoms with van der Waals surface area (Å²) in [6.45, 7) is 4.98. The number of ether oxygens (including phenoxy) is 2. The number of methoxy groups -OCH3 is 1. The SMILES string of the molecule is CCn1nc(C)cc1C(=O)Nc1nc2cc(C(=O)OC)ccc2n1C/C=C/Cn1c(N)nc2cc(C(N)=O)cc(OCCCO)c21. The van der Waals surface area contributed by atoms with E-state index in [1.165, 1.54) is 13.2 Å². The Morgan fingerprint density at radius 2 is 1.76 bits per heavy atom. The molecule has 2 aromatic carbocycles. The molecule has 15 heteroatoms. The summed E-state index contributed by atoms with van der Waals surface area (Å²) in [6, 6.07) is 9.77. The molecule has 2 amide bonds. The summed E-state index contributed by atoms with van der Waals surface area (Å²) in [5, 5.41) is 16.4. The number of rotatable bonds is 13. The molecule has 0 aliphatic heterocycles. The number of carbonyl (C=O) groups is 3. The number of amides is 2. The summed E-state index contributed by atoms with van der Waals surface area (Å²) in [6.07, 6.45) is 4.14. The fourth-order valence-electron chi connectivity index (χ4n) is 5.08. The molecule has 3 aromatic heterocycles. The Balaban J connectivity index is 1.46. The van der Waals surface area contributed by atoms with E-state index in [2.05, 4.69) is 20.4 Å². The number of aromatic nitrogens is 6. The number of aliphatic hydroxyl groups excluding tert-OH is 1. The van der Waals surface area contributed by atoms with E-state index in [1.807, 2.05) is 30.6 Å². The molecule has 0 atom stereocenters.